The van der Waals surface area contributed by atoms with E-state index in [-0.39, 0.29) is 11.6 Å². The number of nitrogens with zero attached hydrogens (tertiary/aromatic N) is 1. The third kappa shape index (κ3) is 2.77. The van der Waals surface area contributed by atoms with Gasteiger partial charge in [0.1, 0.15) is 5.75 Å². The smallest absolute Gasteiger partial charge is 0.248 e. The number of H-pyrrole nitrogens is 1. The first-order valence-corrected chi connectivity index (χ1v) is 8.86. The molecule has 3 fully saturated rings. The van der Waals surface area contributed by atoms with Crippen molar-refractivity contribution in [2.24, 2.45) is 11.8 Å². The topological polar surface area (TPSA) is 65.6 Å². The summed E-state index contributed by atoms with van der Waals surface area (Å²) in [6.45, 7) is 5.90. The van der Waals surface area contributed by atoms with Crippen LogP contribution in [0.5, 0.6) is 5.75 Å². The minimum absolute atomic E-state index is 0.0474. The van der Waals surface area contributed by atoms with Gasteiger partial charge in [-0.3, -0.25) is 9.69 Å². The number of rotatable bonds is 4. The van der Waals surface area contributed by atoms with Gasteiger partial charge in [-0.1, -0.05) is 6.08 Å². The maximum Gasteiger partial charge on any atom is 0.248 e. The van der Waals surface area contributed by atoms with Crippen LogP contribution in [0, 0.1) is 11.8 Å². The van der Waals surface area contributed by atoms with Crippen LogP contribution in [0.4, 0.5) is 0 Å². The number of ether oxygens (including phenoxy) is 1. The number of benzene rings is 1. The highest BCUT2D eigenvalue weighted by Crippen LogP contribution is 2.42. The lowest BCUT2D eigenvalue weighted by molar-refractivity contribution is -0.0445. The van der Waals surface area contributed by atoms with Crippen LogP contribution in [-0.4, -0.2) is 41.2 Å². The molecule has 0 aliphatic carbocycles. The van der Waals surface area contributed by atoms with Crippen molar-refractivity contribution in [3.63, 3.8) is 0 Å². The van der Waals surface area contributed by atoms with Crippen molar-refractivity contribution >= 4 is 10.9 Å². The normalized spacial score (nSPS) is 29.5. The summed E-state index contributed by atoms with van der Waals surface area (Å²) in [5.41, 5.74) is 1.22. The number of pyridine rings is 1. The van der Waals surface area contributed by atoms with Gasteiger partial charge >= 0.3 is 0 Å². The highest BCUT2D eigenvalue weighted by Gasteiger charge is 2.42. The number of aromatic amines is 1. The van der Waals surface area contributed by atoms with E-state index in [0.29, 0.717) is 23.1 Å². The van der Waals surface area contributed by atoms with Crippen LogP contribution in [0.2, 0.25) is 0 Å². The monoisotopic (exact) mass is 340 g/mol. The van der Waals surface area contributed by atoms with Gasteiger partial charge in [0.15, 0.2) is 0 Å². The van der Waals surface area contributed by atoms with E-state index in [2.05, 4.69) is 16.5 Å². The number of aliphatic hydroxyl groups is 1. The third-order valence-electron chi connectivity index (χ3n) is 5.92. The largest absolute Gasteiger partial charge is 0.497 e. The molecule has 3 saturated heterocycles. The van der Waals surface area contributed by atoms with E-state index in [0.717, 1.165) is 36.8 Å². The molecule has 0 saturated carbocycles. The number of hydrogen-bond acceptors (Lipinski definition) is 4. The molecule has 5 nitrogen and oxygen atoms in total. The lowest BCUT2D eigenvalue weighted by Gasteiger charge is -2.50. The zero-order chi connectivity index (χ0) is 17.6. The predicted molar refractivity (Wildman–Crippen MR) is 97.9 cm³/mol. The zero-order valence-electron chi connectivity index (χ0n) is 14.4. The second-order valence-electron chi connectivity index (χ2n) is 7.19. The fourth-order valence-corrected chi connectivity index (χ4v) is 4.54. The second kappa shape index (κ2) is 6.32. The van der Waals surface area contributed by atoms with E-state index in [1.54, 1.807) is 7.11 Å². The first kappa shape index (κ1) is 16.4. The number of fused-ring (bicyclic) bond motifs is 4. The molecule has 25 heavy (non-hydrogen) atoms. The summed E-state index contributed by atoms with van der Waals surface area (Å²) in [6, 6.07) is 7.10. The van der Waals surface area contributed by atoms with E-state index in [4.69, 9.17) is 4.74 Å². The standard InChI is InChI=1S/C20H24N2O3/c1-3-12-11-22-7-6-13(12)8-18(22)20(24)16-10-19(23)21-17-5-4-14(25-2)9-15(16)17/h3-5,9-10,12-13,18,20,24H,1,6-8,11H2,2H3,(H,21,23)/t12?,13?,18?,20-/m0/s1. The van der Waals surface area contributed by atoms with Crippen molar-refractivity contribution < 1.29 is 9.84 Å². The van der Waals surface area contributed by atoms with Gasteiger partial charge in [-0.05, 0) is 55.0 Å². The molecule has 1 aromatic heterocycles. The van der Waals surface area contributed by atoms with Gasteiger partial charge in [-0.25, -0.2) is 0 Å². The Kier molecular flexibility index (Phi) is 4.13. The first-order valence-electron chi connectivity index (χ1n) is 8.86. The SMILES string of the molecule is C=CC1CN2CCC1CC2[C@@H](O)c1cc(=O)[nH]c2ccc(OC)cc12. The van der Waals surface area contributed by atoms with Crippen molar-refractivity contribution in [1.82, 2.24) is 9.88 Å². The van der Waals surface area contributed by atoms with Gasteiger partial charge in [0.25, 0.3) is 0 Å². The maximum absolute atomic E-state index is 12.1. The molecule has 2 aromatic rings. The molecule has 5 rings (SSSR count). The fraction of sp³-hybridized carbons (Fsp3) is 0.450. The third-order valence-corrected chi connectivity index (χ3v) is 5.92. The Morgan fingerprint density at radius 3 is 2.96 bits per heavy atom. The molecule has 2 N–H and O–H groups in total. The minimum Gasteiger partial charge on any atom is -0.497 e. The molecule has 132 valence electrons. The highest BCUT2D eigenvalue weighted by molar-refractivity contribution is 5.83. The van der Waals surface area contributed by atoms with Gasteiger partial charge in [0, 0.05) is 29.6 Å². The molecule has 4 unspecified atom stereocenters. The minimum atomic E-state index is -0.689. The van der Waals surface area contributed by atoms with Crippen molar-refractivity contribution in [3.8, 4) is 5.75 Å². The molecule has 3 aliphatic heterocycles. The molecular weight excluding hydrogens is 316 g/mol. The summed E-state index contributed by atoms with van der Waals surface area (Å²) >= 11 is 0. The summed E-state index contributed by atoms with van der Waals surface area (Å²) in [6.07, 6.45) is 3.46. The van der Waals surface area contributed by atoms with Gasteiger partial charge in [0.05, 0.1) is 13.2 Å². The Morgan fingerprint density at radius 2 is 2.28 bits per heavy atom. The van der Waals surface area contributed by atoms with Crippen LogP contribution in [0.1, 0.15) is 24.5 Å². The van der Waals surface area contributed by atoms with E-state index < -0.39 is 6.10 Å². The Balaban J connectivity index is 1.74. The summed E-state index contributed by atoms with van der Waals surface area (Å²) in [5, 5.41) is 12.0. The molecule has 4 heterocycles. The molecule has 0 spiro atoms. The fourth-order valence-electron chi connectivity index (χ4n) is 4.54. The molecule has 1 aromatic carbocycles. The average Bonchev–Trinajstić information content (AvgIpc) is 2.66. The summed E-state index contributed by atoms with van der Waals surface area (Å²) in [5.74, 6) is 1.79. The number of aromatic nitrogens is 1. The Hall–Kier alpha value is -2.11. The van der Waals surface area contributed by atoms with Crippen molar-refractivity contribution in [2.75, 3.05) is 20.2 Å². The molecule has 5 heteroatoms. The molecule has 2 bridgehead atoms. The summed E-state index contributed by atoms with van der Waals surface area (Å²) < 4.78 is 5.32. The van der Waals surface area contributed by atoms with Crippen molar-refractivity contribution in [1.29, 1.82) is 0 Å². The first-order chi connectivity index (χ1) is 12.1. The van der Waals surface area contributed by atoms with Gasteiger partial charge in [-0.2, -0.15) is 0 Å². The Labute approximate surface area is 146 Å². The van der Waals surface area contributed by atoms with E-state index in [1.165, 1.54) is 6.07 Å². The second-order valence-corrected chi connectivity index (χ2v) is 7.19. The lowest BCUT2D eigenvalue weighted by atomic mass is 9.73. The van der Waals surface area contributed by atoms with E-state index >= 15 is 0 Å². The molecule has 5 atom stereocenters. The highest BCUT2D eigenvalue weighted by atomic mass is 16.5. The van der Waals surface area contributed by atoms with Crippen LogP contribution in [0.25, 0.3) is 10.9 Å². The summed E-state index contributed by atoms with van der Waals surface area (Å²) in [4.78, 5) is 17.3. The van der Waals surface area contributed by atoms with Crippen LogP contribution in [0.3, 0.4) is 0 Å². The van der Waals surface area contributed by atoms with Gasteiger partial charge in [0.2, 0.25) is 5.56 Å². The summed E-state index contributed by atoms with van der Waals surface area (Å²) in [7, 11) is 1.62. The van der Waals surface area contributed by atoms with Crippen LogP contribution >= 0.6 is 0 Å². The number of methoxy groups -OCH3 is 1. The Morgan fingerprint density at radius 1 is 1.44 bits per heavy atom. The molecular formula is C20H24N2O3. The number of nitrogens with one attached hydrogen (secondary N) is 1. The number of aliphatic hydroxyl groups excluding tert-OH is 1. The van der Waals surface area contributed by atoms with E-state index in [1.807, 2.05) is 24.3 Å². The Bertz CT molecular complexity index is 860. The zero-order valence-corrected chi connectivity index (χ0v) is 14.4. The molecule has 3 aliphatic rings. The van der Waals surface area contributed by atoms with Crippen molar-refractivity contribution in [3.05, 3.63) is 52.8 Å². The van der Waals surface area contributed by atoms with Crippen LogP contribution in [-0.2, 0) is 0 Å². The van der Waals surface area contributed by atoms with Gasteiger partial charge in [-0.15, -0.1) is 6.58 Å². The predicted octanol–water partition coefficient (Wildman–Crippen LogP) is 2.47. The van der Waals surface area contributed by atoms with Crippen LogP contribution in [0.15, 0.2) is 41.7 Å². The number of piperidine rings is 3. The molecule has 0 amide bonds. The lowest BCUT2D eigenvalue weighted by Crippen LogP contribution is -2.54. The maximum atomic E-state index is 12.1. The number of hydrogen-bond donors (Lipinski definition) is 2. The van der Waals surface area contributed by atoms with Crippen LogP contribution < -0.4 is 10.3 Å². The van der Waals surface area contributed by atoms with E-state index in [9.17, 15) is 9.90 Å². The average molecular weight is 340 g/mol. The van der Waals surface area contributed by atoms with Crippen molar-refractivity contribution in [2.45, 2.75) is 25.0 Å². The quantitative estimate of drug-likeness (QED) is 0.839. The van der Waals surface area contributed by atoms with Gasteiger partial charge < -0.3 is 14.8 Å². The molecule has 0 radical (unpaired) electrons.